The molecule has 1 aromatic rings. The first-order valence-electron chi connectivity index (χ1n) is 8.29. The SMILES string of the molecule is CCCNc1ccc(C(=O)NC(CC)CC2CC2)cc1C. The molecule has 1 aliphatic carbocycles. The molecule has 0 saturated heterocycles. The molecule has 1 amide bonds. The quantitative estimate of drug-likeness (QED) is 0.755. The molecule has 0 bridgehead atoms. The van der Waals surface area contributed by atoms with Crippen LogP contribution in [0.3, 0.4) is 0 Å². The molecular formula is C18H28N2O. The molecule has 2 rings (SSSR count). The molecule has 2 N–H and O–H groups in total. The summed E-state index contributed by atoms with van der Waals surface area (Å²) in [5.74, 6) is 0.908. The topological polar surface area (TPSA) is 41.1 Å². The van der Waals surface area contributed by atoms with Crippen molar-refractivity contribution in [3.63, 3.8) is 0 Å². The largest absolute Gasteiger partial charge is 0.385 e. The molecule has 3 heteroatoms. The van der Waals surface area contributed by atoms with Gasteiger partial charge in [-0.3, -0.25) is 4.79 Å². The van der Waals surface area contributed by atoms with E-state index in [0.717, 1.165) is 48.5 Å². The van der Waals surface area contributed by atoms with E-state index in [1.807, 2.05) is 18.2 Å². The van der Waals surface area contributed by atoms with Gasteiger partial charge >= 0.3 is 0 Å². The van der Waals surface area contributed by atoms with Gasteiger partial charge in [0.05, 0.1) is 0 Å². The van der Waals surface area contributed by atoms with Gasteiger partial charge in [0.1, 0.15) is 0 Å². The monoisotopic (exact) mass is 288 g/mol. The molecular weight excluding hydrogens is 260 g/mol. The van der Waals surface area contributed by atoms with Crippen molar-refractivity contribution in [1.82, 2.24) is 5.32 Å². The number of benzene rings is 1. The minimum absolute atomic E-state index is 0.0626. The van der Waals surface area contributed by atoms with Crippen molar-refractivity contribution < 1.29 is 4.79 Å². The fourth-order valence-corrected chi connectivity index (χ4v) is 2.62. The summed E-state index contributed by atoms with van der Waals surface area (Å²) in [6.45, 7) is 7.31. The zero-order valence-corrected chi connectivity index (χ0v) is 13.5. The van der Waals surface area contributed by atoms with Gasteiger partial charge in [0.25, 0.3) is 5.91 Å². The first-order valence-corrected chi connectivity index (χ1v) is 8.29. The Morgan fingerprint density at radius 3 is 2.67 bits per heavy atom. The number of hydrogen-bond acceptors (Lipinski definition) is 2. The Balaban J connectivity index is 1.96. The van der Waals surface area contributed by atoms with Crippen molar-refractivity contribution in [2.24, 2.45) is 5.92 Å². The number of carbonyl (C=O) groups is 1. The second-order valence-electron chi connectivity index (χ2n) is 6.21. The lowest BCUT2D eigenvalue weighted by Crippen LogP contribution is -2.34. The molecule has 1 fully saturated rings. The Morgan fingerprint density at radius 2 is 2.10 bits per heavy atom. The van der Waals surface area contributed by atoms with Gasteiger partial charge in [0.15, 0.2) is 0 Å². The average molecular weight is 288 g/mol. The lowest BCUT2D eigenvalue weighted by molar-refractivity contribution is 0.0932. The minimum atomic E-state index is 0.0626. The molecule has 3 nitrogen and oxygen atoms in total. The van der Waals surface area contributed by atoms with E-state index in [-0.39, 0.29) is 5.91 Å². The van der Waals surface area contributed by atoms with E-state index in [1.54, 1.807) is 0 Å². The van der Waals surface area contributed by atoms with E-state index in [1.165, 1.54) is 12.8 Å². The molecule has 0 aromatic heterocycles. The van der Waals surface area contributed by atoms with Crippen molar-refractivity contribution in [2.75, 3.05) is 11.9 Å². The van der Waals surface area contributed by atoms with Gasteiger partial charge < -0.3 is 10.6 Å². The van der Waals surface area contributed by atoms with Crippen LogP contribution in [0, 0.1) is 12.8 Å². The highest BCUT2D eigenvalue weighted by atomic mass is 16.1. The van der Waals surface area contributed by atoms with E-state index in [4.69, 9.17) is 0 Å². The number of anilines is 1. The number of rotatable bonds is 8. The lowest BCUT2D eigenvalue weighted by Gasteiger charge is -2.17. The van der Waals surface area contributed by atoms with Crippen molar-refractivity contribution in [2.45, 2.75) is 58.9 Å². The van der Waals surface area contributed by atoms with Crippen LogP contribution in [0.4, 0.5) is 5.69 Å². The predicted octanol–water partition coefficient (Wildman–Crippen LogP) is 4.13. The van der Waals surface area contributed by atoms with Crippen LogP contribution >= 0.6 is 0 Å². The van der Waals surface area contributed by atoms with E-state index in [0.29, 0.717) is 6.04 Å². The minimum Gasteiger partial charge on any atom is -0.385 e. The summed E-state index contributed by atoms with van der Waals surface area (Å²) in [5.41, 5.74) is 3.02. The zero-order valence-electron chi connectivity index (χ0n) is 13.5. The summed E-state index contributed by atoms with van der Waals surface area (Å²) in [6, 6.07) is 6.24. The molecule has 21 heavy (non-hydrogen) atoms. The Kier molecular flexibility index (Phi) is 5.66. The third kappa shape index (κ3) is 4.76. The molecule has 1 aliphatic rings. The zero-order chi connectivity index (χ0) is 15.2. The Labute approximate surface area is 128 Å². The first-order chi connectivity index (χ1) is 10.1. The molecule has 0 heterocycles. The van der Waals surface area contributed by atoms with Gasteiger partial charge in [0.2, 0.25) is 0 Å². The molecule has 0 radical (unpaired) electrons. The van der Waals surface area contributed by atoms with Crippen molar-refractivity contribution in [3.8, 4) is 0 Å². The first kappa shape index (κ1) is 15.9. The highest BCUT2D eigenvalue weighted by molar-refractivity contribution is 5.95. The van der Waals surface area contributed by atoms with Crippen molar-refractivity contribution in [1.29, 1.82) is 0 Å². The smallest absolute Gasteiger partial charge is 0.251 e. The molecule has 1 atom stereocenters. The second-order valence-corrected chi connectivity index (χ2v) is 6.21. The van der Waals surface area contributed by atoms with E-state index in [9.17, 15) is 4.79 Å². The van der Waals surface area contributed by atoms with Crippen molar-refractivity contribution in [3.05, 3.63) is 29.3 Å². The van der Waals surface area contributed by atoms with Crippen molar-refractivity contribution >= 4 is 11.6 Å². The molecule has 0 spiro atoms. The lowest BCUT2D eigenvalue weighted by atomic mass is 10.1. The third-order valence-electron chi connectivity index (χ3n) is 4.20. The van der Waals surface area contributed by atoms with Crippen LogP contribution in [0.5, 0.6) is 0 Å². The molecule has 1 aromatic carbocycles. The van der Waals surface area contributed by atoms with Crippen LogP contribution in [0.2, 0.25) is 0 Å². The number of hydrogen-bond donors (Lipinski definition) is 2. The Morgan fingerprint density at radius 1 is 1.33 bits per heavy atom. The van der Waals surface area contributed by atoms with Gasteiger partial charge in [-0.2, -0.15) is 0 Å². The van der Waals surface area contributed by atoms with Crippen LogP contribution in [0.1, 0.15) is 61.9 Å². The number of carbonyl (C=O) groups excluding carboxylic acids is 1. The fraction of sp³-hybridized carbons (Fsp3) is 0.611. The Bertz CT molecular complexity index is 480. The van der Waals surface area contributed by atoms with Gasteiger partial charge in [-0.1, -0.05) is 26.7 Å². The normalized spacial score (nSPS) is 15.6. The predicted molar refractivity (Wildman–Crippen MR) is 88.8 cm³/mol. The maximum absolute atomic E-state index is 12.4. The van der Waals surface area contributed by atoms with E-state index < -0.39 is 0 Å². The third-order valence-corrected chi connectivity index (χ3v) is 4.20. The summed E-state index contributed by atoms with van der Waals surface area (Å²) in [6.07, 6.45) is 5.92. The van der Waals surface area contributed by atoms with Crippen LogP contribution in [0.25, 0.3) is 0 Å². The van der Waals surface area contributed by atoms with Gasteiger partial charge in [-0.25, -0.2) is 0 Å². The maximum Gasteiger partial charge on any atom is 0.251 e. The molecule has 1 unspecified atom stereocenters. The summed E-state index contributed by atoms with van der Waals surface area (Å²) < 4.78 is 0. The average Bonchev–Trinajstić information content (AvgIpc) is 3.29. The number of amides is 1. The molecule has 116 valence electrons. The van der Waals surface area contributed by atoms with E-state index in [2.05, 4.69) is 31.4 Å². The highest BCUT2D eigenvalue weighted by Gasteiger charge is 2.25. The van der Waals surface area contributed by atoms with Crippen LogP contribution in [-0.4, -0.2) is 18.5 Å². The van der Waals surface area contributed by atoms with Crippen LogP contribution in [-0.2, 0) is 0 Å². The van der Waals surface area contributed by atoms with Gasteiger partial charge in [0, 0.05) is 23.8 Å². The summed E-state index contributed by atoms with van der Waals surface area (Å²) in [7, 11) is 0. The van der Waals surface area contributed by atoms with Gasteiger partial charge in [-0.15, -0.1) is 0 Å². The summed E-state index contributed by atoms with van der Waals surface area (Å²) >= 11 is 0. The van der Waals surface area contributed by atoms with E-state index >= 15 is 0 Å². The highest BCUT2D eigenvalue weighted by Crippen LogP contribution is 2.34. The fourth-order valence-electron chi connectivity index (χ4n) is 2.62. The standard InChI is InChI=1S/C18H28N2O/c1-4-10-19-17-9-8-15(11-13(17)3)18(21)20-16(5-2)12-14-6-7-14/h8-9,11,14,16,19H,4-7,10,12H2,1-3H3,(H,20,21). The summed E-state index contributed by atoms with van der Waals surface area (Å²) in [4.78, 5) is 12.4. The number of nitrogens with one attached hydrogen (secondary N) is 2. The number of aryl methyl sites for hydroxylation is 1. The van der Waals surface area contributed by atoms with Crippen LogP contribution in [0.15, 0.2) is 18.2 Å². The van der Waals surface area contributed by atoms with Gasteiger partial charge in [-0.05, 0) is 55.9 Å². The summed E-state index contributed by atoms with van der Waals surface area (Å²) in [5, 5.41) is 6.57. The second kappa shape index (κ2) is 7.48. The molecule has 0 aliphatic heterocycles. The maximum atomic E-state index is 12.4. The molecule has 1 saturated carbocycles. The van der Waals surface area contributed by atoms with Crippen LogP contribution < -0.4 is 10.6 Å². The Hall–Kier alpha value is -1.51.